The lowest BCUT2D eigenvalue weighted by Crippen LogP contribution is -2.40. The molecule has 0 aliphatic heterocycles. The molecule has 0 saturated heterocycles. The van der Waals surface area contributed by atoms with Crippen LogP contribution in [0.1, 0.15) is 56.8 Å². The Morgan fingerprint density at radius 1 is 1.35 bits per heavy atom. The van der Waals surface area contributed by atoms with E-state index in [1.165, 1.54) is 44.2 Å². The Kier molecular flexibility index (Phi) is 5.91. The van der Waals surface area contributed by atoms with Crippen molar-refractivity contribution in [2.45, 2.75) is 64.8 Å². The van der Waals surface area contributed by atoms with Gasteiger partial charge in [0.1, 0.15) is 0 Å². The average molecular weight is 298 g/mol. The van der Waals surface area contributed by atoms with Crippen molar-refractivity contribution in [1.29, 1.82) is 0 Å². The SMILES string of the molecule is CCCNC(Cc1c(Cl)c(C)nn1C)C1CCCCC1. The second-order valence-corrected chi connectivity index (χ2v) is 6.51. The van der Waals surface area contributed by atoms with Crippen molar-refractivity contribution < 1.29 is 0 Å². The van der Waals surface area contributed by atoms with Gasteiger partial charge < -0.3 is 5.32 Å². The van der Waals surface area contributed by atoms with Gasteiger partial charge in [-0.15, -0.1) is 0 Å². The molecule has 0 spiro atoms. The third kappa shape index (κ3) is 3.76. The number of aromatic nitrogens is 2. The van der Waals surface area contributed by atoms with Crippen LogP contribution in [-0.2, 0) is 13.5 Å². The lowest BCUT2D eigenvalue weighted by molar-refractivity contribution is 0.264. The van der Waals surface area contributed by atoms with E-state index >= 15 is 0 Å². The van der Waals surface area contributed by atoms with Gasteiger partial charge in [0, 0.05) is 19.5 Å². The molecule has 0 radical (unpaired) electrons. The van der Waals surface area contributed by atoms with Crippen LogP contribution in [0.25, 0.3) is 0 Å². The van der Waals surface area contributed by atoms with Crippen LogP contribution in [0.4, 0.5) is 0 Å². The molecule has 1 aliphatic carbocycles. The summed E-state index contributed by atoms with van der Waals surface area (Å²) in [7, 11) is 2.01. The fraction of sp³-hybridized carbons (Fsp3) is 0.812. The second-order valence-electron chi connectivity index (χ2n) is 6.13. The minimum absolute atomic E-state index is 0.544. The molecular weight excluding hydrogens is 270 g/mol. The van der Waals surface area contributed by atoms with Crippen molar-refractivity contribution in [2.75, 3.05) is 6.54 Å². The normalized spacial score (nSPS) is 18.4. The molecule has 0 bridgehead atoms. The van der Waals surface area contributed by atoms with Crippen molar-refractivity contribution in [3.05, 3.63) is 16.4 Å². The molecular formula is C16H28ClN3. The van der Waals surface area contributed by atoms with Gasteiger partial charge in [0.2, 0.25) is 0 Å². The predicted molar refractivity (Wildman–Crippen MR) is 85.3 cm³/mol. The molecule has 0 aromatic carbocycles. The summed E-state index contributed by atoms with van der Waals surface area (Å²) in [5, 5.41) is 9.05. The zero-order valence-electron chi connectivity index (χ0n) is 13.1. The van der Waals surface area contributed by atoms with E-state index in [0.29, 0.717) is 6.04 Å². The number of halogens is 1. The molecule has 1 saturated carbocycles. The highest BCUT2D eigenvalue weighted by Crippen LogP contribution is 2.30. The van der Waals surface area contributed by atoms with Gasteiger partial charge in [0.25, 0.3) is 0 Å². The van der Waals surface area contributed by atoms with E-state index < -0.39 is 0 Å². The molecule has 1 fully saturated rings. The number of rotatable bonds is 6. The van der Waals surface area contributed by atoms with Gasteiger partial charge in [0.15, 0.2) is 0 Å². The number of aryl methyl sites for hydroxylation is 2. The summed E-state index contributed by atoms with van der Waals surface area (Å²) in [6.45, 7) is 5.31. The van der Waals surface area contributed by atoms with Gasteiger partial charge in [-0.05, 0) is 38.6 Å². The Labute approximate surface area is 128 Å². The zero-order valence-corrected chi connectivity index (χ0v) is 13.8. The monoisotopic (exact) mass is 297 g/mol. The Bertz CT molecular complexity index is 422. The summed E-state index contributed by atoms with van der Waals surface area (Å²) in [4.78, 5) is 0. The molecule has 114 valence electrons. The first-order chi connectivity index (χ1) is 9.63. The Morgan fingerprint density at radius 2 is 2.05 bits per heavy atom. The van der Waals surface area contributed by atoms with E-state index in [1.807, 2.05) is 18.7 Å². The highest BCUT2D eigenvalue weighted by molar-refractivity contribution is 6.31. The molecule has 1 aromatic heterocycles. The van der Waals surface area contributed by atoms with Gasteiger partial charge in [0.05, 0.1) is 16.4 Å². The minimum atomic E-state index is 0.544. The number of hydrogen-bond acceptors (Lipinski definition) is 2. The van der Waals surface area contributed by atoms with E-state index in [2.05, 4.69) is 17.3 Å². The van der Waals surface area contributed by atoms with Gasteiger partial charge in [-0.3, -0.25) is 4.68 Å². The minimum Gasteiger partial charge on any atom is -0.313 e. The maximum Gasteiger partial charge on any atom is 0.0847 e. The number of nitrogens with one attached hydrogen (secondary N) is 1. The molecule has 1 aromatic rings. The highest BCUT2D eigenvalue weighted by Gasteiger charge is 2.25. The lowest BCUT2D eigenvalue weighted by atomic mass is 9.82. The fourth-order valence-electron chi connectivity index (χ4n) is 3.38. The average Bonchev–Trinajstić information content (AvgIpc) is 2.70. The van der Waals surface area contributed by atoms with Gasteiger partial charge >= 0.3 is 0 Å². The molecule has 1 unspecified atom stereocenters. The van der Waals surface area contributed by atoms with Crippen LogP contribution in [0, 0.1) is 12.8 Å². The molecule has 2 rings (SSSR count). The second kappa shape index (κ2) is 7.46. The standard InChI is InChI=1S/C16H28ClN3/c1-4-10-18-14(13-8-6-5-7-9-13)11-15-16(17)12(2)19-20(15)3/h13-14,18H,4-11H2,1-3H3. The molecule has 1 atom stereocenters. The number of nitrogens with zero attached hydrogens (tertiary/aromatic N) is 2. The van der Waals surface area contributed by atoms with Crippen molar-refractivity contribution >= 4 is 11.6 Å². The van der Waals surface area contributed by atoms with Crippen LogP contribution in [-0.4, -0.2) is 22.4 Å². The third-order valence-electron chi connectivity index (χ3n) is 4.55. The first-order valence-corrected chi connectivity index (χ1v) is 8.42. The van der Waals surface area contributed by atoms with Gasteiger partial charge in [-0.2, -0.15) is 5.10 Å². The maximum atomic E-state index is 6.42. The molecule has 1 aliphatic rings. The largest absolute Gasteiger partial charge is 0.313 e. The van der Waals surface area contributed by atoms with Gasteiger partial charge in [-0.25, -0.2) is 0 Å². The van der Waals surface area contributed by atoms with Crippen molar-refractivity contribution in [1.82, 2.24) is 15.1 Å². The third-order valence-corrected chi connectivity index (χ3v) is 5.04. The van der Waals surface area contributed by atoms with Crippen LogP contribution in [0.3, 0.4) is 0 Å². The van der Waals surface area contributed by atoms with Crippen LogP contribution in [0.5, 0.6) is 0 Å². The van der Waals surface area contributed by atoms with Crippen molar-refractivity contribution in [3.63, 3.8) is 0 Å². The van der Waals surface area contributed by atoms with E-state index in [4.69, 9.17) is 11.6 Å². The fourth-order valence-corrected chi connectivity index (χ4v) is 3.62. The van der Waals surface area contributed by atoms with E-state index in [0.717, 1.165) is 29.6 Å². The quantitative estimate of drug-likeness (QED) is 0.864. The molecule has 3 nitrogen and oxygen atoms in total. The zero-order chi connectivity index (χ0) is 14.5. The summed E-state index contributed by atoms with van der Waals surface area (Å²) < 4.78 is 1.96. The van der Waals surface area contributed by atoms with Gasteiger partial charge in [-0.1, -0.05) is 37.8 Å². The van der Waals surface area contributed by atoms with E-state index in [1.54, 1.807) is 0 Å². The van der Waals surface area contributed by atoms with Crippen molar-refractivity contribution in [2.24, 2.45) is 13.0 Å². The van der Waals surface area contributed by atoms with Crippen molar-refractivity contribution in [3.8, 4) is 0 Å². The molecule has 20 heavy (non-hydrogen) atoms. The Morgan fingerprint density at radius 3 is 2.60 bits per heavy atom. The first kappa shape index (κ1) is 15.8. The summed E-state index contributed by atoms with van der Waals surface area (Å²) in [5.41, 5.74) is 2.13. The Balaban J connectivity index is 2.09. The predicted octanol–water partition coefficient (Wildman–Crippen LogP) is 3.87. The van der Waals surface area contributed by atoms with Crippen LogP contribution < -0.4 is 5.32 Å². The first-order valence-electron chi connectivity index (χ1n) is 8.04. The highest BCUT2D eigenvalue weighted by atomic mass is 35.5. The number of hydrogen-bond donors (Lipinski definition) is 1. The molecule has 4 heteroatoms. The summed E-state index contributed by atoms with van der Waals surface area (Å²) in [6.07, 6.45) is 9.07. The van der Waals surface area contributed by atoms with Crippen LogP contribution in [0.15, 0.2) is 0 Å². The van der Waals surface area contributed by atoms with E-state index in [-0.39, 0.29) is 0 Å². The summed E-state index contributed by atoms with van der Waals surface area (Å²) >= 11 is 6.42. The molecule has 1 N–H and O–H groups in total. The smallest absolute Gasteiger partial charge is 0.0847 e. The summed E-state index contributed by atoms with van der Waals surface area (Å²) in [5.74, 6) is 0.793. The Hall–Kier alpha value is -0.540. The topological polar surface area (TPSA) is 29.9 Å². The lowest BCUT2D eigenvalue weighted by Gasteiger charge is -2.31. The molecule has 1 heterocycles. The molecule has 0 amide bonds. The van der Waals surface area contributed by atoms with Crippen LogP contribution >= 0.6 is 11.6 Å². The van der Waals surface area contributed by atoms with Crippen LogP contribution in [0.2, 0.25) is 5.02 Å². The van der Waals surface area contributed by atoms with E-state index in [9.17, 15) is 0 Å². The summed E-state index contributed by atoms with van der Waals surface area (Å²) in [6, 6.07) is 0.544. The maximum absolute atomic E-state index is 6.42.